The van der Waals surface area contributed by atoms with E-state index in [4.69, 9.17) is 19.9 Å². The number of Topliss-reactive ketones (excluding diaryl/α,β-unsaturated/α-hetero) is 1. The number of carbonyl (C=O) groups excluding carboxylic acids is 3. The van der Waals surface area contributed by atoms with Gasteiger partial charge in [0.15, 0.2) is 5.78 Å². The lowest BCUT2D eigenvalue weighted by Crippen LogP contribution is -2.48. The number of nitrogens with one attached hydrogen (secondary N) is 1. The molecule has 1 spiro atoms. The molecule has 8 heteroatoms. The van der Waals surface area contributed by atoms with Crippen LogP contribution in [0.15, 0.2) is 77.3 Å². The van der Waals surface area contributed by atoms with Gasteiger partial charge < -0.3 is 25.3 Å². The van der Waals surface area contributed by atoms with E-state index in [1.165, 1.54) is 7.11 Å². The molecule has 2 aliphatic rings. The van der Waals surface area contributed by atoms with Crippen LogP contribution in [-0.4, -0.2) is 38.0 Å². The van der Waals surface area contributed by atoms with Crippen LogP contribution in [0, 0.1) is 0 Å². The van der Waals surface area contributed by atoms with E-state index in [-0.39, 0.29) is 36.0 Å². The Labute approximate surface area is 184 Å². The predicted molar refractivity (Wildman–Crippen MR) is 114 cm³/mol. The predicted octanol–water partition coefficient (Wildman–Crippen LogP) is 1.96. The van der Waals surface area contributed by atoms with Gasteiger partial charge in [-0.2, -0.15) is 0 Å². The third-order valence-corrected chi connectivity index (χ3v) is 5.51. The van der Waals surface area contributed by atoms with Crippen molar-refractivity contribution in [1.29, 1.82) is 0 Å². The maximum absolute atomic E-state index is 13.7. The number of carbonyl (C=O) groups is 3. The summed E-state index contributed by atoms with van der Waals surface area (Å²) >= 11 is 0. The Bertz CT molecular complexity index is 1170. The van der Waals surface area contributed by atoms with Crippen molar-refractivity contribution in [3.63, 3.8) is 0 Å². The first-order valence-electron chi connectivity index (χ1n) is 9.99. The Balaban J connectivity index is 1.97. The number of rotatable bonds is 6. The normalized spacial score (nSPS) is 19.5. The van der Waals surface area contributed by atoms with Crippen molar-refractivity contribution in [2.45, 2.75) is 12.3 Å². The molecule has 2 aromatic rings. The quantitative estimate of drug-likeness (QED) is 0.405. The molecule has 0 radical (unpaired) electrons. The summed E-state index contributed by atoms with van der Waals surface area (Å²) in [5.74, 6) is -1.87. The third kappa shape index (κ3) is 3.16. The second-order valence-corrected chi connectivity index (χ2v) is 7.37. The lowest BCUT2D eigenvalue weighted by molar-refractivity contribution is -0.142. The van der Waals surface area contributed by atoms with E-state index in [0.717, 1.165) is 0 Å². The van der Waals surface area contributed by atoms with Crippen molar-refractivity contribution in [3.05, 3.63) is 88.5 Å². The number of methoxy groups -OCH3 is 1. The number of allylic oxidation sites excluding steroid dienone is 1. The molecule has 32 heavy (non-hydrogen) atoms. The molecule has 2 aromatic carbocycles. The molecule has 2 aliphatic heterocycles. The molecular weight excluding hydrogens is 412 g/mol. The van der Waals surface area contributed by atoms with Gasteiger partial charge in [-0.3, -0.25) is 9.59 Å². The van der Waals surface area contributed by atoms with Crippen molar-refractivity contribution in [1.82, 2.24) is 5.32 Å². The van der Waals surface area contributed by atoms with Gasteiger partial charge in [-0.15, -0.1) is 0 Å². The fraction of sp³-hybridized carbons (Fsp3) is 0.208. The smallest absolute Gasteiger partial charge is 0.341 e. The van der Waals surface area contributed by atoms with Crippen LogP contribution in [0.2, 0.25) is 0 Å². The molecule has 0 fully saturated rings. The van der Waals surface area contributed by atoms with Crippen LogP contribution < -0.4 is 15.8 Å². The van der Waals surface area contributed by atoms with E-state index >= 15 is 0 Å². The fourth-order valence-electron chi connectivity index (χ4n) is 4.19. The van der Waals surface area contributed by atoms with Gasteiger partial charge in [0.2, 0.25) is 11.8 Å². The maximum Gasteiger partial charge on any atom is 0.341 e. The van der Waals surface area contributed by atoms with Crippen LogP contribution in [-0.2, 0) is 24.5 Å². The number of ketones is 1. The zero-order valence-electron chi connectivity index (χ0n) is 17.6. The molecule has 0 saturated carbocycles. The van der Waals surface area contributed by atoms with E-state index in [1.807, 2.05) is 0 Å². The minimum Gasteiger partial charge on any atom is -0.460 e. The van der Waals surface area contributed by atoms with Crippen molar-refractivity contribution < 1.29 is 28.6 Å². The average Bonchev–Trinajstić information content (AvgIpc) is 3.04. The molecule has 0 bridgehead atoms. The minimum atomic E-state index is -1.82. The molecule has 4 rings (SSSR count). The number of amides is 1. The summed E-state index contributed by atoms with van der Waals surface area (Å²) in [6.45, 7) is 1.71. The Kier molecular flexibility index (Phi) is 5.54. The first kappa shape index (κ1) is 21.3. The maximum atomic E-state index is 13.7. The number of benzene rings is 2. The van der Waals surface area contributed by atoms with Gasteiger partial charge >= 0.3 is 5.97 Å². The van der Waals surface area contributed by atoms with Crippen LogP contribution in [0.3, 0.4) is 0 Å². The van der Waals surface area contributed by atoms with E-state index in [1.54, 1.807) is 61.5 Å². The summed E-state index contributed by atoms with van der Waals surface area (Å²) < 4.78 is 15.9. The van der Waals surface area contributed by atoms with Crippen molar-refractivity contribution >= 4 is 17.7 Å². The molecule has 1 unspecified atom stereocenters. The molecular formula is C24H22N2O6. The largest absolute Gasteiger partial charge is 0.460 e. The van der Waals surface area contributed by atoms with E-state index < -0.39 is 23.1 Å². The molecule has 164 valence electrons. The molecule has 1 atom stereocenters. The second kappa shape index (κ2) is 8.32. The lowest BCUT2D eigenvalue weighted by Gasteiger charge is -2.36. The number of fused-ring (bicyclic) bond motifs is 2. The number of para-hydroxylation sites is 1. The number of ether oxygens (including phenoxy) is 3. The topological polar surface area (TPSA) is 117 Å². The van der Waals surface area contributed by atoms with E-state index in [2.05, 4.69) is 5.32 Å². The Morgan fingerprint density at radius 3 is 2.44 bits per heavy atom. The van der Waals surface area contributed by atoms with Crippen LogP contribution >= 0.6 is 0 Å². The van der Waals surface area contributed by atoms with Crippen LogP contribution in [0.4, 0.5) is 0 Å². The lowest BCUT2D eigenvalue weighted by atomic mass is 9.66. The summed E-state index contributed by atoms with van der Waals surface area (Å²) in [6.07, 6.45) is 0. The highest BCUT2D eigenvalue weighted by Gasteiger charge is 2.61. The summed E-state index contributed by atoms with van der Waals surface area (Å²) in [4.78, 5) is 40.5. The van der Waals surface area contributed by atoms with Gasteiger partial charge in [-0.05, 0) is 13.0 Å². The number of hydrogen-bond acceptors (Lipinski definition) is 7. The van der Waals surface area contributed by atoms with Crippen molar-refractivity contribution in [2.75, 3.05) is 20.3 Å². The van der Waals surface area contributed by atoms with Gasteiger partial charge in [0.1, 0.15) is 23.3 Å². The standard InChI is InChI=1S/C24H22N2O6/c1-14-18(20(27)15-8-4-3-5-9-15)24(23(29)26-14)16-10-6-7-11-17(16)32-21(25)19(24)22(28)31-13-12-30-2/h3-11H,12-13,25H2,1-2H3,(H,26,29). The number of nitrogens with two attached hydrogens (primary N) is 1. The van der Waals surface area contributed by atoms with E-state index in [9.17, 15) is 14.4 Å². The number of esters is 1. The molecule has 0 aromatic heterocycles. The summed E-state index contributed by atoms with van der Waals surface area (Å²) in [5, 5.41) is 2.73. The van der Waals surface area contributed by atoms with Gasteiger partial charge in [0, 0.05) is 29.5 Å². The van der Waals surface area contributed by atoms with Gasteiger partial charge in [0.25, 0.3) is 0 Å². The van der Waals surface area contributed by atoms with Crippen molar-refractivity contribution in [3.8, 4) is 5.75 Å². The zero-order chi connectivity index (χ0) is 22.9. The monoisotopic (exact) mass is 434 g/mol. The molecule has 0 saturated heterocycles. The van der Waals surface area contributed by atoms with Crippen LogP contribution in [0.25, 0.3) is 0 Å². The second-order valence-electron chi connectivity index (χ2n) is 7.37. The molecule has 8 nitrogen and oxygen atoms in total. The zero-order valence-corrected chi connectivity index (χ0v) is 17.6. The minimum absolute atomic E-state index is 0.0594. The Morgan fingerprint density at radius 1 is 1.03 bits per heavy atom. The highest BCUT2D eigenvalue weighted by Crippen LogP contribution is 2.52. The van der Waals surface area contributed by atoms with E-state index in [0.29, 0.717) is 16.8 Å². The molecule has 0 aliphatic carbocycles. The third-order valence-electron chi connectivity index (χ3n) is 5.51. The summed E-state index contributed by atoms with van der Waals surface area (Å²) in [7, 11) is 1.47. The van der Waals surface area contributed by atoms with Gasteiger partial charge in [-0.25, -0.2) is 4.79 Å². The SMILES string of the molecule is COCCOC(=O)C1=C(N)Oc2ccccc2C12C(=O)NC(C)=C2C(=O)c1ccccc1. The highest BCUT2D eigenvalue weighted by atomic mass is 16.6. The Hall–Kier alpha value is -3.91. The molecule has 1 amide bonds. The fourth-order valence-corrected chi connectivity index (χ4v) is 4.19. The van der Waals surface area contributed by atoms with Gasteiger partial charge in [-0.1, -0.05) is 48.5 Å². The average molecular weight is 434 g/mol. The molecule has 2 heterocycles. The van der Waals surface area contributed by atoms with Gasteiger partial charge in [0.05, 0.1) is 6.61 Å². The van der Waals surface area contributed by atoms with Crippen LogP contribution in [0.5, 0.6) is 5.75 Å². The first-order valence-corrected chi connectivity index (χ1v) is 9.99. The first-order chi connectivity index (χ1) is 15.4. The summed E-state index contributed by atoms with van der Waals surface area (Å²) in [5.41, 5.74) is 5.25. The Morgan fingerprint density at radius 2 is 1.72 bits per heavy atom. The van der Waals surface area contributed by atoms with Crippen molar-refractivity contribution in [2.24, 2.45) is 5.73 Å². The highest BCUT2D eigenvalue weighted by molar-refractivity contribution is 6.22. The summed E-state index contributed by atoms with van der Waals surface area (Å²) in [6, 6.07) is 15.2. The molecule has 3 N–H and O–H groups in total. The number of hydrogen-bond donors (Lipinski definition) is 2. The van der Waals surface area contributed by atoms with Crippen LogP contribution in [0.1, 0.15) is 22.8 Å².